The minimum absolute atomic E-state index is 0.0981. The molecule has 0 saturated carbocycles. The Bertz CT molecular complexity index is 469. The van der Waals surface area contributed by atoms with Gasteiger partial charge in [-0.05, 0) is 12.8 Å². The number of aryl methyl sites for hydroxylation is 1. The highest BCUT2D eigenvalue weighted by molar-refractivity contribution is 6.00. The molecule has 1 unspecified atom stereocenters. The first kappa shape index (κ1) is 13.7. The number of amides is 2. The summed E-state index contributed by atoms with van der Waals surface area (Å²) in [5.74, 6) is -0.239. The van der Waals surface area contributed by atoms with E-state index in [0.29, 0.717) is 19.4 Å². The van der Waals surface area contributed by atoms with Crippen molar-refractivity contribution in [2.45, 2.75) is 45.3 Å². The fraction of sp³-hybridized carbons (Fsp3) is 0.615. The van der Waals surface area contributed by atoms with Gasteiger partial charge < -0.3 is 9.88 Å². The lowest BCUT2D eigenvalue weighted by Crippen LogP contribution is -2.51. The Kier molecular flexibility index (Phi) is 4.31. The van der Waals surface area contributed by atoms with Gasteiger partial charge in [0.1, 0.15) is 0 Å². The Morgan fingerprint density at radius 2 is 2.26 bits per heavy atom. The number of rotatable bonds is 5. The molecule has 1 aliphatic heterocycles. The van der Waals surface area contributed by atoms with Crippen LogP contribution in [0.3, 0.4) is 0 Å². The molecule has 6 nitrogen and oxygen atoms in total. The molecule has 1 fully saturated rings. The summed E-state index contributed by atoms with van der Waals surface area (Å²) in [6.07, 6.45) is 5.66. The third-order valence-corrected chi connectivity index (χ3v) is 3.44. The van der Waals surface area contributed by atoms with Crippen molar-refractivity contribution in [1.29, 1.82) is 0 Å². The van der Waals surface area contributed by atoms with Crippen LogP contribution in [0.1, 0.15) is 31.9 Å². The highest BCUT2D eigenvalue weighted by atomic mass is 16.2. The van der Waals surface area contributed by atoms with Crippen LogP contribution in [0.15, 0.2) is 12.5 Å². The number of likely N-dealkylation sites (tertiary alicyclic amines) is 1. The molecule has 19 heavy (non-hydrogen) atoms. The standard InChI is InChI=1S/C13H20N4O2/c1-3-6-17-9-14-7-10(17)8-15-11-4-5-12(18)16(2)13(11)19/h7,9,11,15H,3-6,8H2,1-2H3. The zero-order valence-corrected chi connectivity index (χ0v) is 11.4. The summed E-state index contributed by atoms with van der Waals surface area (Å²) in [5, 5.41) is 3.22. The van der Waals surface area contributed by atoms with Crippen LogP contribution in [-0.4, -0.2) is 39.4 Å². The monoisotopic (exact) mass is 264 g/mol. The first-order chi connectivity index (χ1) is 9.13. The van der Waals surface area contributed by atoms with Crippen LogP contribution < -0.4 is 5.32 Å². The van der Waals surface area contributed by atoms with Crippen LogP contribution in [0.4, 0.5) is 0 Å². The fourth-order valence-corrected chi connectivity index (χ4v) is 2.27. The van der Waals surface area contributed by atoms with E-state index in [1.165, 1.54) is 4.90 Å². The second-order valence-corrected chi connectivity index (χ2v) is 4.84. The molecule has 0 aromatic carbocycles. The van der Waals surface area contributed by atoms with Crippen molar-refractivity contribution in [1.82, 2.24) is 19.8 Å². The van der Waals surface area contributed by atoms with E-state index in [0.717, 1.165) is 18.7 Å². The predicted molar refractivity (Wildman–Crippen MR) is 70.2 cm³/mol. The number of imidazole rings is 1. The van der Waals surface area contributed by atoms with Crippen molar-refractivity contribution in [2.24, 2.45) is 0 Å². The molecule has 0 aliphatic carbocycles. The van der Waals surface area contributed by atoms with Gasteiger partial charge in [-0.15, -0.1) is 0 Å². The van der Waals surface area contributed by atoms with E-state index < -0.39 is 0 Å². The van der Waals surface area contributed by atoms with Crippen molar-refractivity contribution >= 4 is 11.8 Å². The molecule has 0 radical (unpaired) electrons. The van der Waals surface area contributed by atoms with E-state index in [4.69, 9.17) is 0 Å². The fourth-order valence-electron chi connectivity index (χ4n) is 2.27. The number of likely N-dealkylation sites (N-methyl/N-ethyl adjacent to an activating group) is 1. The molecular formula is C13H20N4O2. The zero-order chi connectivity index (χ0) is 13.8. The molecule has 1 aromatic rings. The van der Waals surface area contributed by atoms with Crippen molar-refractivity contribution in [2.75, 3.05) is 7.05 Å². The van der Waals surface area contributed by atoms with Gasteiger partial charge in [0, 0.05) is 32.8 Å². The Balaban J connectivity index is 1.93. The van der Waals surface area contributed by atoms with E-state index in [9.17, 15) is 9.59 Å². The number of nitrogens with zero attached hydrogens (tertiary/aromatic N) is 3. The first-order valence-electron chi connectivity index (χ1n) is 6.66. The number of carbonyl (C=O) groups excluding carboxylic acids is 2. The Morgan fingerprint density at radius 3 is 3.00 bits per heavy atom. The molecular weight excluding hydrogens is 244 g/mol. The topological polar surface area (TPSA) is 67.2 Å². The summed E-state index contributed by atoms with van der Waals surface area (Å²) in [6.45, 7) is 3.63. The Hall–Kier alpha value is -1.69. The van der Waals surface area contributed by atoms with E-state index in [1.807, 2.05) is 6.20 Å². The summed E-state index contributed by atoms with van der Waals surface area (Å²) in [6, 6.07) is -0.271. The molecule has 2 heterocycles. The van der Waals surface area contributed by atoms with E-state index >= 15 is 0 Å². The van der Waals surface area contributed by atoms with Gasteiger partial charge in [0.05, 0.1) is 18.1 Å². The van der Waals surface area contributed by atoms with Crippen LogP contribution in [0, 0.1) is 0 Å². The van der Waals surface area contributed by atoms with Crippen LogP contribution in [0.25, 0.3) is 0 Å². The zero-order valence-electron chi connectivity index (χ0n) is 11.4. The SMILES string of the molecule is CCCn1cncc1CNC1CCC(=O)N(C)C1=O. The van der Waals surface area contributed by atoms with Crippen LogP contribution in [-0.2, 0) is 22.7 Å². The summed E-state index contributed by atoms with van der Waals surface area (Å²) < 4.78 is 2.08. The number of nitrogens with one attached hydrogen (secondary N) is 1. The minimum Gasteiger partial charge on any atom is -0.333 e. The molecule has 2 amide bonds. The molecule has 104 valence electrons. The molecule has 0 spiro atoms. The quantitative estimate of drug-likeness (QED) is 0.788. The lowest BCUT2D eigenvalue weighted by atomic mass is 10.0. The van der Waals surface area contributed by atoms with Crippen molar-refractivity contribution < 1.29 is 9.59 Å². The normalized spacial score (nSPS) is 20.1. The molecule has 0 bridgehead atoms. The Labute approximate surface area is 112 Å². The van der Waals surface area contributed by atoms with Gasteiger partial charge in [-0.2, -0.15) is 0 Å². The molecule has 1 N–H and O–H groups in total. The van der Waals surface area contributed by atoms with Crippen molar-refractivity contribution in [3.63, 3.8) is 0 Å². The minimum atomic E-state index is -0.271. The summed E-state index contributed by atoms with van der Waals surface area (Å²) in [4.78, 5) is 28.6. The maximum atomic E-state index is 11.9. The highest BCUT2D eigenvalue weighted by Crippen LogP contribution is 2.12. The molecule has 6 heteroatoms. The van der Waals surface area contributed by atoms with E-state index in [-0.39, 0.29) is 17.9 Å². The maximum absolute atomic E-state index is 11.9. The molecule has 1 aliphatic rings. The molecule has 1 atom stereocenters. The van der Waals surface area contributed by atoms with Gasteiger partial charge in [-0.1, -0.05) is 6.92 Å². The highest BCUT2D eigenvalue weighted by Gasteiger charge is 2.31. The van der Waals surface area contributed by atoms with Gasteiger partial charge in [0.2, 0.25) is 11.8 Å². The van der Waals surface area contributed by atoms with Crippen LogP contribution in [0.5, 0.6) is 0 Å². The molecule has 1 saturated heterocycles. The first-order valence-corrected chi connectivity index (χ1v) is 6.66. The van der Waals surface area contributed by atoms with Crippen molar-refractivity contribution in [3.05, 3.63) is 18.2 Å². The lowest BCUT2D eigenvalue weighted by molar-refractivity contribution is -0.148. The summed E-state index contributed by atoms with van der Waals surface area (Å²) in [5.41, 5.74) is 1.06. The summed E-state index contributed by atoms with van der Waals surface area (Å²) >= 11 is 0. The number of carbonyl (C=O) groups is 2. The smallest absolute Gasteiger partial charge is 0.246 e. The average Bonchev–Trinajstić information content (AvgIpc) is 2.83. The second-order valence-electron chi connectivity index (χ2n) is 4.84. The molecule has 1 aromatic heterocycles. The number of piperidine rings is 1. The third kappa shape index (κ3) is 3.01. The average molecular weight is 264 g/mol. The number of hydrogen-bond acceptors (Lipinski definition) is 4. The van der Waals surface area contributed by atoms with Crippen LogP contribution in [0.2, 0.25) is 0 Å². The van der Waals surface area contributed by atoms with E-state index in [1.54, 1.807) is 13.4 Å². The molecule has 2 rings (SSSR count). The second kappa shape index (κ2) is 5.97. The van der Waals surface area contributed by atoms with Gasteiger partial charge in [0.15, 0.2) is 0 Å². The predicted octanol–water partition coefficient (Wildman–Crippen LogP) is 0.530. The number of aromatic nitrogens is 2. The van der Waals surface area contributed by atoms with Gasteiger partial charge in [-0.25, -0.2) is 4.98 Å². The largest absolute Gasteiger partial charge is 0.333 e. The van der Waals surface area contributed by atoms with E-state index in [2.05, 4.69) is 21.8 Å². The third-order valence-electron chi connectivity index (χ3n) is 3.44. The lowest BCUT2D eigenvalue weighted by Gasteiger charge is -2.28. The van der Waals surface area contributed by atoms with Gasteiger partial charge >= 0.3 is 0 Å². The van der Waals surface area contributed by atoms with Crippen LogP contribution >= 0.6 is 0 Å². The van der Waals surface area contributed by atoms with Gasteiger partial charge in [-0.3, -0.25) is 14.5 Å². The number of imide groups is 1. The van der Waals surface area contributed by atoms with Gasteiger partial charge in [0.25, 0.3) is 0 Å². The summed E-state index contributed by atoms with van der Waals surface area (Å²) in [7, 11) is 1.54. The maximum Gasteiger partial charge on any atom is 0.246 e. The van der Waals surface area contributed by atoms with Crippen molar-refractivity contribution in [3.8, 4) is 0 Å². The Morgan fingerprint density at radius 1 is 1.47 bits per heavy atom. The number of hydrogen-bond donors (Lipinski definition) is 1.